The average molecular weight is 329 g/mol. The highest BCUT2D eigenvalue weighted by Gasteiger charge is 2.41. The Kier molecular flexibility index (Phi) is 8.33. The van der Waals surface area contributed by atoms with Crippen molar-refractivity contribution in [1.29, 1.82) is 5.26 Å². The first-order valence-corrected chi connectivity index (χ1v) is 6.67. The first kappa shape index (κ1) is 20.4. The third kappa shape index (κ3) is 7.80. The highest BCUT2D eigenvalue weighted by atomic mass is 16.6. The minimum atomic E-state index is -1.54. The smallest absolute Gasteiger partial charge is 0.304 e. The largest absolute Gasteiger partial charge is 0.459 e. The summed E-state index contributed by atoms with van der Waals surface area (Å²) in [5.74, 6) is -3.02. The molecule has 0 N–H and O–H groups in total. The number of esters is 4. The van der Waals surface area contributed by atoms with Gasteiger partial charge in [0.25, 0.3) is 0 Å². The van der Waals surface area contributed by atoms with Crippen molar-refractivity contribution in [1.82, 2.24) is 0 Å². The highest BCUT2D eigenvalue weighted by Crippen LogP contribution is 2.18. The first-order chi connectivity index (χ1) is 10.6. The zero-order chi connectivity index (χ0) is 18.2. The van der Waals surface area contributed by atoms with Gasteiger partial charge in [-0.2, -0.15) is 5.26 Å². The molecule has 0 aliphatic heterocycles. The van der Waals surface area contributed by atoms with E-state index >= 15 is 0 Å². The van der Waals surface area contributed by atoms with E-state index in [4.69, 9.17) is 24.2 Å². The van der Waals surface area contributed by atoms with Crippen molar-refractivity contribution in [2.75, 3.05) is 0 Å². The van der Waals surface area contributed by atoms with Crippen molar-refractivity contribution in [2.24, 2.45) is 0 Å². The van der Waals surface area contributed by atoms with Crippen LogP contribution in [0, 0.1) is 11.3 Å². The third-order valence-electron chi connectivity index (χ3n) is 2.46. The van der Waals surface area contributed by atoms with Gasteiger partial charge in [-0.25, -0.2) is 0 Å². The molecule has 0 saturated heterocycles. The summed E-state index contributed by atoms with van der Waals surface area (Å²) in [6.45, 7) is 5.73. The molecule has 0 aromatic heterocycles. The van der Waals surface area contributed by atoms with Gasteiger partial charge in [0.1, 0.15) is 12.2 Å². The summed E-state index contributed by atoms with van der Waals surface area (Å²) in [6.07, 6.45) is -5.38. The Hall–Kier alpha value is -2.63. The molecule has 0 fully saturated rings. The van der Waals surface area contributed by atoms with Gasteiger partial charge >= 0.3 is 23.9 Å². The predicted octanol–water partition coefficient (Wildman–Crippen LogP) is 0.257. The molecular formula is C14H19NO8. The Morgan fingerprint density at radius 3 is 1.48 bits per heavy atom. The van der Waals surface area contributed by atoms with E-state index in [-0.39, 0.29) is 0 Å². The standard InChI is InChI=1S/C14H19NO8/c1-7(20-8(2)16)13(22-10(4)18)14(23-11(5)19)12(6-15)21-9(3)17/h7,12-14H,1-5H3/t7-,12-,13-,14-/m1/s1. The normalized spacial score (nSPS) is 15.1. The second kappa shape index (κ2) is 9.40. The summed E-state index contributed by atoms with van der Waals surface area (Å²) in [4.78, 5) is 44.7. The van der Waals surface area contributed by atoms with E-state index in [0.29, 0.717) is 0 Å². The van der Waals surface area contributed by atoms with E-state index in [0.717, 1.165) is 27.7 Å². The van der Waals surface area contributed by atoms with Gasteiger partial charge < -0.3 is 18.9 Å². The van der Waals surface area contributed by atoms with Crippen LogP contribution >= 0.6 is 0 Å². The van der Waals surface area contributed by atoms with Crippen molar-refractivity contribution in [3.05, 3.63) is 0 Å². The Morgan fingerprint density at radius 2 is 1.13 bits per heavy atom. The first-order valence-electron chi connectivity index (χ1n) is 6.67. The molecule has 0 rings (SSSR count). The van der Waals surface area contributed by atoms with Crippen LogP contribution in [-0.2, 0) is 38.1 Å². The van der Waals surface area contributed by atoms with Crippen LogP contribution in [0.15, 0.2) is 0 Å². The summed E-state index contributed by atoms with van der Waals surface area (Å²) in [5, 5.41) is 9.14. The molecule has 4 atom stereocenters. The highest BCUT2D eigenvalue weighted by molar-refractivity contribution is 5.69. The number of nitriles is 1. The minimum Gasteiger partial charge on any atom is -0.459 e. The Balaban J connectivity index is 5.63. The lowest BCUT2D eigenvalue weighted by Gasteiger charge is -2.31. The summed E-state index contributed by atoms with van der Waals surface area (Å²) in [7, 11) is 0. The second-order valence-electron chi connectivity index (χ2n) is 4.62. The van der Waals surface area contributed by atoms with Gasteiger partial charge in [0.15, 0.2) is 12.2 Å². The minimum absolute atomic E-state index is 0.669. The average Bonchev–Trinajstić information content (AvgIpc) is 2.38. The fourth-order valence-electron chi connectivity index (χ4n) is 1.79. The Morgan fingerprint density at radius 1 is 0.739 bits per heavy atom. The molecule has 0 bridgehead atoms. The Labute approximate surface area is 133 Å². The van der Waals surface area contributed by atoms with Crippen LogP contribution < -0.4 is 0 Å². The molecular weight excluding hydrogens is 310 g/mol. The number of rotatable bonds is 7. The van der Waals surface area contributed by atoms with Gasteiger partial charge in [-0.15, -0.1) is 0 Å². The van der Waals surface area contributed by atoms with Gasteiger partial charge in [0.05, 0.1) is 0 Å². The topological polar surface area (TPSA) is 129 Å². The molecule has 0 aromatic carbocycles. The molecule has 9 heteroatoms. The molecule has 0 radical (unpaired) electrons. The van der Waals surface area contributed by atoms with Crippen molar-refractivity contribution < 1.29 is 38.1 Å². The molecule has 23 heavy (non-hydrogen) atoms. The van der Waals surface area contributed by atoms with Gasteiger partial charge in [-0.05, 0) is 6.92 Å². The van der Waals surface area contributed by atoms with E-state index < -0.39 is 48.3 Å². The molecule has 0 amide bonds. The SMILES string of the molecule is CC(=O)O[C@@H]([C@H](OC(C)=O)[C@@H](C#N)OC(C)=O)[C@@H](C)OC(C)=O. The maximum absolute atomic E-state index is 11.3. The van der Waals surface area contributed by atoms with Crippen LogP contribution in [0.5, 0.6) is 0 Å². The zero-order valence-electron chi connectivity index (χ0n) is 13.5. The van der Waals surface area contributed by atoms with Crippen LogP contribution in [0.3, 0.4) is 0 Å². The van der Waals surface area contributed by atoms with E-state index in [1.165, 1.54) is 6.92 Å². The summed E-state index contributed by atoms with van der Waals surface area (Å²) < 4.78 is 19.7. The lowest BCUT2D eigenvalue weighted by Crippen LogP contribution is -2.50. The van der Waals surface area contributed by atoms with Gasteiger partial charge in [0.2, 0.25) is 6.10 Å². The molecule has 9 nitrogen and oxygen atoms in total. The number of hydrogen-bond donors (Lipinski definition) is 0. The van der Waals surface area contributed by atoms with Crippen LogP contribution in [0.4, 0.5) is 0 Å². The van der Waals surface area contributed by atoms with E-state index in [1.54, 1.807) is 6.07 Å². The molecule has 0 aliphatic rings. The lowest BCUT2D eigenvalue weighted by molar-refractivity contribution is -0.192. The second-order valence-corrected chi connectivity index (χ2v) is 4.62. The van der Waals surface area contributed by atoms with Gasteiger partial charge in [0, 0.05) is 27.7 Å². The lowest BCUT2D eigenvalue weighted by atomic mass is 10.0. The van der Waals surface area contributed by atoms with Crippen molar-refractivity contribution in [2.45, 2.75) is 59.0 Å². The Bertz CT molecular complexity index is 509. The molecule has 0 spiro atoms. The van der Waals surface area contributed by atoms with Crippen molar-refractivity contribution in [3.8, 4) is 6.07 Å². The summed E-state index contributed by atoms with van der Waals surface area (Å²) >= 11 is 0. The summed E-state index contributed by atoms with van der Waals surface area (Å²) in [6, 6.07) is 1.65. The van der Waals surface area contributed by atoms with Gasteiger partial charge in [-0.3, -0.25) is 19.2 Å². The van der Waals surface area contributed by atoms with E-state index in [2.05, 4.69) is 0 Å². The zero-order valence-corrected chi connectivity index (χ0v) is 13.5. The van der Waals surface area contributed by atoms with E-state index in [9.17, 15) is 19.2 Å². The fourth-order valence-corrected chi connectivity index (χ4v) is 1.79. The monoisotopic (exact) mass is 329 g/mol. The maximum Gasteiger partial charge on any atom is 0.304 e. The molecule has 128 valence electrons. The number of ether oxygens (including phenoxy) is 4. The third-order valence-corrected chi connectivity index (χ3v) is 2.46. The number of carbonyl (C=O) groups is 4. The quantitative estimate of drug-likeness (QED) is 0.476. The van der Waals surface area contributed by atoms with Crippen molar-refractivity contribution >= 4 is 23.9 Å². The van der Waals surface area contributed by atoms with Crippen molar-refractivity contribution in [3.63, 3.8) is 0 Å². The predicted molar refractivity (Wildman–Crippen MR) is 73.5 cm³/mol. The molecule has 0 saturated carbocycles. The molecule has 0 aliphatic carbocycles. The maximum atomic E-state index is 11.3. The molecule has 0 unspecified atom stereocenters. The van der Waals surface area contributed by atoms with Crippen LogP contribution in [0.2, 0.25) is 0 Å². The van der Waals surface area contributed by atoms with E-state index in [1.807, 2.05) is 0 Å². The molecule has 0 heterocycles. The van der Waals surface area contributed by atoms with Crippen LogP contribution in [0.1, 0.15) is 34.6 Å². The number of nitrogens with zero attached hydrogens (tertiary/aromatic N) is 1. The molecule has 0 aromatic rings. The number of hydrogen-bond acceptors (Lipinski definition) is 9. The van der Waals surface area contributed by atoms with Gasteiger partial charge in [-0.1, -0.05) is 0 Å². The van der Waals surface area contributed by atoms with Crippen LogP contribution in [0.25, 0.3) is 0 Å². The fraction of sp³-hybridized carbons (Fsp3) is 0.643. The van der Waals surface area contributed by atoms with Crippen LogP contribution in [-0.4, -0.2) is 48.3 Å². The summed E-state index contributed by atoms with van der Waals surface area (Å²) in [5.41, 5.74) is 0. The number of carbonyl (C=O) groups excluding carboxylic acids is 4.